The standard InChI is InChI=1S/C24H21ClN6/c1-14-12-15(2)21(16(3)20(14)13-28-31-26)24-29-22(17-4-6-19(25)7-5-17)23(30-24)18-8-10-27-11-9-18/h4-12H,13H2,1-3H3,(H,29,30). The Hall–Kier alpha value is -3.60. The predicted molar refractivity (Wildman–Crippen MR) is 125 cm³/mol. The van der Waals surface area contributed by atoms with Crippen molar-refractivity contribution < 1.29 is 0 Å². The van der Waals surface area contributed by atoms with E-state index in [4.69, 9.17) is 22.1 Å². The lowest BCUT2D eigenvalue weighted by atomic mass is 9.93. The van der Waals surface area contributed by atoms with Gasteiger partial charge in [-0.05, 0) is 72.8 Å². The summed E-state index contributed by atoms with van der Waals surface area (Å²) in [5.74, 6) is 0.772. The van der Waals surface area contributed by atoms with Crippen LogP contribution >= 0.6 is 11.6 Å². The van der Waals surface area contributed by atoms with Crippen LogP contribution in [0.15, 0.2) is 60.0 Å². The number of benzene rings is 2. The second-order valence-electron chi connectivity index (χ2n) is 7.43. The Labute approximate surface area is 185 Å². The summed E-state index contributed by atoms with van der Waals surface area (Å²) in [4.78, 5) is 15.6. The average molecular weight is 429 g/mol. The van der Waals surface area contributed by atoms with E-state index >= 15 is 0 Å². The van der Waals surface area contributed by atoms with E-state index in [0.29, 0.717) is 11.6 Å². The molecule has 0 bridgehead atoms. The number of hydrogen-bond acceptors (Lipinski definition) is 3. The Kier molecular flexibility index (Phi) is 5.76. The van der Waals surface area contributed by atoms with Gasteiger partial charge in [-0.15, -0.1) is 0 Å². The van der Waals surface area contributed by atoms with Gasteiger partial charge in [0.1, 0.15) is 5.82 Å². The van der Waals surface area contributed by atoms with Crippen LogP contribution in [0, 0.1) is 20.8 Å². The minimum Gasteiger partial charge on any atom is -0.337 e. The first kappa shape index (κ1) is 20.7. The van der Waals surface area contributed by atoms with Gasteiger partial charge < -0.3 is 4.98 Å². The average Bonchev–Trinajstić information content (AvgIpc) is 3.19. The Morgan fingerprint density at radius 3 is 2.39 bits per heavy atom. The van der Waals surface area contributed by atoms with Crippen molar-refractivity contribution in [1.82, 2.24) is 15.0 Å². The zero-order chi connectivity index (χ0) is 22.0. The first-order valence-electron chi connectivity index (χ1n) is 9.87. The lowest BCUT2D eigenvalue weighted by molar-refractivity contribution is 1.00. The number of aromatic amines is 1. The summed E-state index contributed by atoms with van der Waals surface area (Å²) < 4.78 is 0. The van der Waals surface area contributed by atoms with Gasteiger partial charge in [-0.25, -0.2) is 4.98 Å². The van der Waals surface area contributed by atoms with Crippen LogP contribution in [-0.4, -0.2) is 15.0 Å². The number of imidazole rings is 1. The summed E-state index contributed by atoms with van der Waals surface area (Å²) in [5, 5.41) is 4.46. The quantitative estimate of drug-likeness (QED) is 0.207. The fourth-order valence-electron chi connectivity index (χ4n) is 3.97. The molecule has 0 atom stereocenters. The Morgan fingerprint density at radius 1 is 1.00 bits per heavy atom. The van der Waals surface area contributed by atoms with Gasteiger partial charge in [-0.2, -0.15) is 0 Å². The molecule has 0 saturated heterocycles. The Bertz CT molecular complexity index is 1290. The van der Waals surface area contributed by atoms with Crippen LogP contribution in [0.2, 0.25) is 5.02 Å². The van der Waals surface area contributed by atoms with Gasteiger partial charge in [0, 0.05) is 39.0 Å². The number of H-pyrrole nitrogens is 1. The van der Waals surface area contributed by atoms with E-state index in [2.05, 4.69) is 33.0 Å². The number of nitrogens with zero attached hydrogens (tertiary/aromatic N) is 5. The summed E-state index contributed by atoms with van der Waals surface area (Å²) in [7, 11) is 0. The van der Waals surface area contributed by atoms with Crippen molar-refractivity contribution in [3.63, 3.8) is 0 Å². The van der Waals surface area contributed by atoms with Crippen LogP contribution in [-0.2, 0) is 6.54 Å². The number of aryl methyl sites for hydroxylation is 2. The largest absolute Gasteiger partial charge is 0.337 e. The summed E-state index contributed by atoms with van der Waals surface area (Å²) in [6, 6.07) is 13.7. The fourth-order valence-corrected chi connectivity index (χ4v) is 4.10. The highest BCUT2D eigenvalue weighted by Gasteiger charge is 2.19. The number of rotatable bonds is 5. The predicted octanol–water partition coefficient (Wildman–Crippen LogP) is 7.19. The molecular formula is C24H21ClN6. The van der Waals surface area contributed by atoms with Crippen molar-refractivity contribution in [3.8, 4) is 33.9 Å². The van der Waals surface area contributed by atoms with Gasteiger partial charge in [-0.1, -0.05) is 34.9 Å². The fraction of sp³-hybridized carbons (Fsp3) is 0.167. The molecule has 2 aromatic carbocycles. The molecule has 0 spiro atoms. The van der Waals surface area contributed by atoms with Crippen molar-refractivity contribution in [1.29, 1.82) is 0 Å². The molecule has 0 radical (unpaired) electrons. The normalized spacial score (nSPS) is 10.7. The van der Waals surface area contributed by atoms with E-state index in [1.807, 2.05) is 50.2 Å². The molecule has 0 saturated carbocycles. The van der Waals surface area contributed by atoms with Crippen LogP contribution in [0.3, 0.4) is 0 Å². The molecule has 154 valence electrons. The van der Waals surface area contributed by atoms with E-state index < -0.39 is 0 Å². The first-order valence-corrected chi connectivity index (χ1v) is 10.2. The maximum Gasteiger partial charge on any atom is 0.139 e. The molecule has 4 aromatic rings. The summed E-state index contributed by atoms with van der Waals surface area (Å²) >= 11 is 6.10. The van der Waals surface area contributed by atoms with E-state index in [0.717, 1.165) is 56.2 Å². The molecule has 0 aliphatic carbocycles. The minimum atomic E-state index is 0.309. The third-order valence-corrected chi connectivity index (χ3v) is 5.70. The van der Waals surface area contributed by atoms with Crippen molar-refractivity contribution >= 4 is 11.6 Å². The molecule has 1 N–H and O–H groups in total. The number of aromatic nitrogens is 3. The lowest BCUT2D eigenvalue weighted by Gasteiger charge is -2.15. The van der Waals surface area contributed by atoms with Gasteiger partial charge >= 0.3 is 0 Å². The molecule has 2 heterocycles. The monoisotopic (exact) mass is 428 g/mol. The number of nitrogens with one attached hydrogen (secondary N) is 1. The summed E-state index contributed by atoms with van der Waals surface area (Å²) in [6.07, 6.45) is 3.53. The second-order valence-corrected chi connectivity index (χ2v) is 7.87. The molecule has 0 amide bonds. The maximum atomic E-state index is 8.79. The van der Waals surface area contributed by atoms with Crippen LogP contribution in [0.4, 0.5) is 0 Å². The van der Waals surface area contributed by atoms with Crippen LogP contribution in [0.25, 0.3) is 44.3 Å². The van der Waals surface area contributed by atoms with Gasteiger partial charge in [-0.3, -0.25) is 4.98 Å². The highest BCUT2D eigenvalue weighted by atomic mass is 35.5. The first-order chi connectivity index (χ1) is 15.0. The smallest absolute Gasteiger partial charge is 0.139 e. The maximum absolute atomic E-state index is 8.79. The third kappa shape index (κ3) is 4.04. The molecule has 2 aromatic heterocycles. The molecule has 0 aliphatic heterocycles. The van der Waals surface area contributed by atoms with E-state index in [1.54, 1.807) is 12.4 Å². The Morgan fingerprint density at radius 2 is 1.71 bits per heavy atom. The molecule has 4 rings (SSSR count). The molecule has 0 fully saturated rings. The van der Waals surface area contributed by atoms with Crippen molar-refractivity contribution in [2.45, 2.75) is 27.3 Å². The topological polar surface area (TPSA) is 90.3 Å². The molecule has 0 aliphatic rings. The summed E-state index contributed by atoms with van der Waals surface area (Å²) in [5.41, 5.74) is 17.8. The number of hydrogen-bond donors (Lipinski definition) is 1. The van der Waals surface area contributed by atoms with E-state index in [-0.39, 0.29) is 0 Å². The second kappa shape index (κ2) is 8.64. The zero-order valence-electron chi connectivity index (χ0n) is 17.5. The minimum absolute atomic E-state index is 0.309. The summed E-state index contributed by atoms with van der Waals surface area (Å²) in [6.45, 7) is 6.47. The zero-order valence-corrected chi connectivity index (χ0v) is 18.3. The van der Waals surface area contributed by atoms with E-state index in [9.17, 15) is 0 Å². The van der Waals surface area contributed by atoms with Crippen LogP contribution in [0.1, 0.15) is 22.3 Å². The molecule has 0 unspecified atom stereocenters. The van der Waals surface area contributed by atoms with Crippen molar-refractivity contribution in [2.24, 2.45) is 5.11 Å². The van der Waals surface area contributed by atoms with Gasteiger partial charge in [0.15, 0.2) is 0 Å². The SMILES string of the molecule is Cc1cc(C)c(-c2nc(-c3ccc(Cl)cc3)c(-c3ccncc3)[nH]2)c(C)c1CN=[N+]=[N-]. The lowest BCUT2D eigenvalue weighted by Crippen LogP contribution is -1.99. The molecule has 7 heteroatoms. The van der Waals surface area contributed by atoms with Crippen molar-refractivity contribution in [3.05, 3.63) is 92.6 Å². The van der Waals surface area contributed by atoms with Crippen molar-refractivity contribution in [2.75, 3.05) is 0 Å². The Balaban J connectivity index is 1.95. The van der Waals surface area contributed by atoms with Gasteiger partial charge in [0.05, 0.1) is 17.9 Å². The van der Waals surface area contributed by atoms with Crippen LogP contribution < -0.4 is 0 Å². The highest BCUT2D eigenvalue weighted by Crippen LogP contribution is 2.36. The molecular weight excluding hydrogens is 408 g/mol. The van der Waals surface area contributed by atoms with Crippen LogP contribution in [0.5, 0.6) is 0 Å². The third-order valence-electron chi connectivity index (χ3n) is 5.45. The van der Waals surface area contributed by atoms with E-state index in [1.165, 1.54) is 0 Å². The van der Waals surface area contributed by atoms with Gasteiger partial charge in [0.25, 0.3) is 0 Å². The number of azide groups is 1. The molecule has 6 nitrogen and oxygen atoms in total. The van der Waals surface area contributed by atoms with Gasteiger partial charge in [0.2, 0.25) is 0 Å². The number of halogens is 1. The molecule has 31 heavy (non-hydrogen) atoms. The highest BCUT2D eigenvalue weighted by molar-refractivity contribution is 6.30. The number of pyridine rings is 1.